The maximum Gasteiger partial charge on any atom is 0.142 e. The van der Waals surface area contributed by atoms with Gasteiger partial charge in [0.1, 0.15) is 29.8 Å². The lowest BCUT2D eigenvalue weighted by Gasteiger charge is -2.71. The summed E-state index contributed by atoms with van der Waals surface area (Å²) in [5, 5.41) is 24.7. The average molecular weight is 536 g/mol. The lowest BCUT2D eigenvalue weighted by molar-refractivity contribution is -0.237. The summed E-state index contributed by atoms with van der Waals surface area (Å²) in [7, 11) is 2.23. The van der Waals surface area contributed by atoms with Crippen LogP contribution in [0.25, 0.3) is 0 Å². The quantitative estimate of drug-likeness (QED) is 0.443. The Kier molecular flexibility index (Phi) is 5.07. The van der Waals surface area contributed by atoms with Crippen LogP contribution in [0.5, 0.6) is 11.5 Å². The van der Waals surface area contributed by atoms with E-state index in [2.05, 4.69) is 54.4 Å². The molecule has 0 amide bonds. The molecule has 2 heterocycles. The molecule has 1 saturated carbocycles. The fourth-order valence-corrected chi connectivity index (χ4v) is 9.48. The highest BCUT2D eigenvalue weighted by atomic mass is 16.5. The highest BCUT2D eigenvalue weighted by Crippen LogP contribution is 2.74. The number of ether oxygens (including phenoxy) is 2. The van der Waals surface area contributed by atoms with Gasteiger partial charge < -0.3 is 24.6 Å². The molecule has 6 aliphatic rings. The molecule has 5 heteroatoms. The van der Waals surface area contributed by atoms with E-state index in [1.807, 2.05) is 49.4 Å². The van der Waals surface area contributed by atoms with E-state index in [0.717, 1.165) is 48.4 Å². The first-order valence-electron chi connectivity index (χ1n) is 14.7. The molecule has 206 valence electrons. The van der Waals surface area contributed by atoms with Crippen LogP contribution in [-0.2, 0) is 24.9 Å². The summed E-state index contributed by atoms with van der Waals surface area (Å²) in [6.45, 7) is 3.38. The van der Waals surface area contributed by atoms with E-state index in [0.29, 0.717) is 13.0 Å². The number of hydrogen-bond acceptors (Lipinski definition) is 5. The maximum atomic E-state index is 12.6. The minimum Gasteiger partial charge on any atom is -0.489 e. The van der Waals surface area contributed by atoms with Crippen molar-refractivity contribution in [2.75, 3.05) is 13.6 Å². The molecule has 2 N–H and O–H groups in total. The van der Waals surface area contributed by atoms with Gasteiger partial charge in [-0.2, -0.15) is 0 Å². The number of likely N-dealkylation sites (N-methyl/N-ethyl adjacent to an activating group) is 1. The molecule has 4 bridgehead atoms. The van der Waals surface area contributed by atoms with Gasteiger partial charge >= 0.3 is 0 Å². The van der Waals surface area contributed by atoms with Gasteiger partial charge in [-0.15, -0.1) is 0 Å². The van der Waals surface area contributed by atoms with E-state index < -0.39 is 17.3 Å². The Labute approximate surface area is 236 Å². The summed E-state index contributed by atoms with van der Waals surface area (Å²) in [6, 6.07) is 24.8. The Hall–Kier alpha value is -3.12. The van der Waals surface area contributed by atoms with Crippen molar-refractivity contribution in [1.29, 1.82) is 0 Å². The van der Waals surface area contributed by atoms with Gasteiger partial charge in [-0.25, -0.2) is 0 Å². The first-order chi connectivity index (χ1) is 19.3. The third kappa shape index (κ3) is 3.03. The normalized spacial score (nSPS) is 36.0. The van der Waals surface area contributed by atoms with Crippen molar-refractivity contribution in [2.45, 2.75) is 68.0 Å². The van der Waals surface area contributed by atoms with Crippen LogP contribution < -0.4 is 9.47 Å². The largest absolute Gasteiger partial charge is 0.489 e. The second-order valence-corrected chi connectivity index (χ2v) is 13.1. The molecular formula is C35H37NO4. The molecule has 1 saturated heterocycles. The minimum atomic E-state index is -1.28. The first-order valence-corrected chi connectivity index (χ1v) is 14.7. The highest BCUT2D eigenvalue weighted by molar-refractivity contribution is 5.64. The number of hydrogen-bond donors (Lipinski definition) is 2. The fourth-order valence-electron chi connectivity index (χ4n) is 9.48. The molecule has 2 unspecified atom stereocenters. The number of likely N-dealkylation sites (tertiary alicyclic amines) is 1. The minimum absolute atomic E-state index is 0.225. The number of aliphatic hydroxyl groups is 2. The molecule has 9 rings (SSSR count). The van der Waals surface area contributed by atoms with E-state index in [9.17, 15) is 10.2 Å². The van der Waals surface area contributed by atoms with Crippen LogP contribution in [0.2, 0.25) is 0 Å². The zero-order valence-corrected chi connectivity index (χ0v) is 23.2. The van der Waals surface area contributed by atoms with Gasteiger partial charge in [0, 0.05) is 34.9 Å². The second-order valence-electron chi connectivity index (χ2n) is 13.1. The molecular weight excluding hydrogens is 498 g/mol. The summed E-state index contributed by atoms with van der Waals surface area (Å²) in [6.07, 6.45) is 6.85. The van der Waals surface area contributed by atoms with Crippen LogP contribution in [0, 0.1) is 11.3 Å². The topological polar surface area (TPSA) is 62.2 Å². The standard InChI is InChI=1S/C35H37NO4/c1-32(37,20-23-9-5-3-6-10-23)28-21-33-15-16-35(28,38)31-34(33)17-18-36(2)29(33)19-25-26(13-14-27(40-31)30(25)34)39-22-24-11-7-4-8-12-24/h3-16,28-29,31,37-38H,17-22H2,1-2H3/t28-,29?,31+,32+,33?,34-,35+/m0/s1. The molecule has 2 fully saturated rings. The molecule has 5 nitrogen and oxygen atoms in total. The second kappa shape index (κ2) is 8.22. The predicted molar refractivity (Wildman–Crippen MR) is 153 cm³/mol. The van der Waals surface area contributed by atoms with Gasteiger partial charge in [0.15, 0.2) is 0 Å². The molecule has 4 aliphatic carbocycles. The van der Waals surface area contributed by atoms with Gasteiger partial charge in [0.2, 0.25) is 0 Å². The molecule has 0 radical (unpaired) electrons. The maximum absolute atomic E-state index is 12.6. The third-order valence-electron chi connectivity index (χ3n) is 11.1. The summed E-state index contributed by atoms with van der Waals surface area (Å²) in [5.74, 6) is 1.44. The molecule has 2 aliphatic heterocycles. The Morgan fingerprint density at radius 3 is 2.48 bits per heavy atom. The van der Waals surface area contributed by atoms with Gasteiger partial charge in [-0.1, -0.05) is 72.8 Å². The Balaban J connectivity index is 1.24. The van der Waals surface area contributed by atoms with E-state index in [1.54, 1.807) is 0 Å². The average Bonchev–Trinajstić information content (AvgIpc) is 3.32. The van der Waals surface area contributed by atoms with Crippen molar-refractivity contribution in [2.24, 2.45) is 11.3 Å². The van der Waals surface area contributed by atoms with E-state index in [1.165, 1.54) is 11.1 Å². The Morgan fingerprint density at radius 1 is 1.00 bits per heavy atom. The Morgan fingerprint density at radius 2 is 1.73 bits per heavy atom. The predicted octanol–water partition coefficient (Wildman–Crippen LogP) is 4.83. The zero-order chi connectivity index (χ0) is 27.3. The van der Waals surface area contributed by atoms with Crippen LogP contribution in [0.3, 0.4) is 0 Å². The number of benzene rings is 3. The molecule has 3 aromatic carbocycles. The van der Waals surface area contributed by atoms with Crippen LogP contribution in [0.1, 0.15) is 42.0 Å². The zero-order valence-electron chi connectivity index (χ0n) is 23.2. The molecule has 40 heavy (non-hydrogen) atoms. The summed E-state index contributed by atoms with van der Waals surface area (Å²) >= 11 is 0. The van der Waals surface area contributed by atoms with Crippen LogP contribution in [0.15, 0.2) is 84.9 Å². The van der Waals surface area contributed by atoms with Crippen molar-refractivity contribution < 1.29 is 19.7 Å². The smallest absolute Gasteiger partial charge is 0.142 e. The fraction of sp³-hybridized carbons (Fsp3) is 0.429. The van der Waals surface area contributed by atoms with Gasteiger partial charge in [0.25, 0.3) is 0 Å². The number of rotatable bonds is 6. The van der Waals surface area contributed by atoms with Crippen molar-refractivity contribution in [1.82, 2.24) is 4.90 Å². The van der Waals surface area contributed by atoms with Crippen LogP contribution in [0.4, 0.5) is 0 Å². The summed E-state index contributed by atoms with van der Waals surface area (Å²) < 4.78 is 13.3. The molecule has 7 atom stereocenters. The first kappa shape index (κ1) is 24.7. The van der Waals surface area contributed by atoms with Crippen molar-refractivity contribution >= 4 is 0 Å². The van der Waals surface area contributed by atoms with E-state index in [-0.39, 0.29) is 22.8 Å². The SMILES string of the molecule is CN1CC[C@@]23c4c5ccc(OCc6ccccc6)c4CC1C21C=C[C@@](O)([C@H]([C@](C)(O)Cc2ccccc2)C1)[C@@H]3O5. The van der Waals surface area contributed by atoms with Crippen molar-refractivity contribution in [3.05, 3.63) is 107 Å². The van der Waals surface area contributed by atoms with Crippen molar-refractivity contribution in [3.8, 4) is 11.5 Å². The Bertz CT molecular complexity index is 1500. The summed E-state index contributed by atoms with van der Waals surface area (Å²) in [4.78, 5) is 2.50. The van der Waals surface area contributed by atoms with E-state index in [4.69, 9.17) is 9.47 Å². The van der Waals surface area contributed by atoms with Gasteiger partial charge in [-0.3, -0.25) is 0 Å². The van der Waals surface area contributed by atoms with Crippen LogP contribution in [-0.4, -0.2) is 52.1 Å². The number of fused-ring (bicyclic) bond motifs is 1. The van der Waals surface area contributed by atoms with Gasteiger partial charge in [-0.05, 0) is 63.0 Å². The van der Waals surface area contributed by atoms with Crippen molar-refractivity contribution in [3.63, 3.8) is 0 Å². The molecule has 2 spiro atoms. The molecule has 0 aromatic heterocycles. The highest BCUT2D eigenvalue weighted by Gasteiger charge is 2.79. The number of nitrogens with zero attached hydrogens (tertiary/aromatic N) is 1. The van der Waals surface area contributed by atoms with E-state index >= 15 is 0 Å². The van der Waals surface area contributed by atoms with Gasteiger partial charge in [0.05, 0.1) is 11.0 Å². The van der Waals surface area contributed by atoms with Crippen LogP contribution >= 0.6 is 0 Å². The lowest BCUT2D eigenvalue weighted by Crippen LogP contribution is -2.80. The lowest BCUT2D eigenvalue weighted by atomic mass is 9.36. The molecule has 3 aromatic rings. The number of piperidine rings is 1. The summed E-state index contributed by atoms with van der Waals surface area (Å²) in [5.41, 5.74) is 1.73. The third-order valence-corrected chi connectivity index (χ3v) is 11.1. The monoisotopic (exact) mass is 535 g/mol.